The average Bonchev–Trinajstić information content (AvgIpc) is 2.54. The van der Waals surface area contributed by atoms with Gasteiger partial charge in [-0.2, -0.15) is 0 Å². The van der Waals surface area contributed by atoms with Gasteiger partial charge in [-0.1, -0.05) is 27.2 Å². The van der Waals surface area contributed by atoms with Crippen LogP contribution < -0.4 is 5.32 Å². The van der Waals surface area contributed by atoms with Gasteiger partial charge in [0.2, 0.25) is 0 Å². The number of carbonyl (C=O) groups is 2. The minimum Gasteiger partial charge on any atom is -0.465 e. The number of hydrogen-bond acceptors (Lipinski definition) is 5. The fraction of sp³-hybridized carbons (Fsp3) is 0.909. The summed E-state index contributed by atoms with van der Waals surface area (Å²) in [5.74, 6) is 0.0164. The van der Waals surface area contributed by atoms with Crippen LogP contribution in [0.3, 0.4) is 0 Å². The van der Waals surface area contributed by atoms with Gasteiger partial charge >= 0.3 is 11.9 Å². The van der Waals surface area contributed by atoms with Crippen LogP contribution in [0.25, 0.3) is 0 Å². The van der Waals surface area contributed by atoms with Crippen molar-refractivity contribution >= 4 is 11.9 Å². The van der Waals surface area contributed by atoms with Crippen LogP contribution in [-0.2, 0) is 19.1 Å². The Bertz CT molecular complexity index is 465. The number of carbonyl (C=O) groups excluding carboxylic acids is 2. The number of esters is 2. The number of hydrogen-bond donors (Lipinski definition) is 1. The molecule has 0 bridgehead atoms. The molecule has 5 heteroatoms. The first kappa shape index (κ1) is 25.9. The summed E-state index contributed by atoms with van der Waals surface area (Å²) in [4.78, 5) is 24.8. The van der Waals surface area contributed by atoms with Crippen LogP contribution in [0.2, 0.25) is 0 Å². The lowest BCUT2D eigenvalue weighted by molar-refractivity contribution is -0.157. The van der Waals surface area contributed by atoms with Crippen LogP contribution in [0.15, 0.2) is 0 Å². The van der Waals surface area contributed by atoms with Gasteiger partial charge in [-0.3, -0.25) is 9.59 Å². The zero-order valence-corrected chi connectivity index (χ0v) is 19.2. The summed E-state index contributed by atoms with van der Waals surface area (Å²) >= 11 is 0. The predicted octanol–water partition coefficient (Wildman–Crippen LogP) is 4.73. The van der Waals surface area contributed by atoms with Crippen molar-refractivity contribution in [3.8, 4) is 0 Å². The first-order chi connectivity index (χ1) is 12.2. The van der Waals surface area contributed by atoms with Crippen molar-refractivity contribution in [2.45, 2.75) is 93.5 Å². The Balaban J connectivity index is 4.43. The smallest absolute Gasteiger partial charge is 0.311 e. The second-order valence-corrected chi connectivity index (χ2v) is 9.96. The van der Waals surface area contributed by atoms with E-state index in [-0.39, 0.29) is 17.5 Å². The quantitative estimate of drug-likeness (QED) is 0.389. The van der Waals surface area contributed by atoms with Crippen molar-refractivity contribution in [3.05, 3.63) is 0 Å². The highest BCUT2D eigenvalue weighted by molar-refractivity contribution is 5.77. The van der Waals surface area contributed by atoms with E-state index in [9.17, 15) is 9.59 Å². The average molecular weight is 386 g/mol. The van der Waals surface area contributed by atoms with Crippen LogP contribution in [0, 0.1) is 16.7 Å². The third-order valence-corrected chi connectivity index (χ3v) is 4.89. The van der Waals surface area contributed by atoms with Crippen LogP contribution in [0.4, 0.5) is 0 Å². The van der Waals surface area contributed by atoms with Gasteiger partial charge in [-0.05, 0) is 66.7 Å². The molecule has 1 atom stereocenters. The standard InChI is InChI=1S/C22H43NO4/c1-10-22(9,19(25)27-16-17(2)3)13-11-12-21(7,8)18(24)26-15-14-23-20(4,5)6/h17,23H,10-16H2,1-9H3. The van der Waals surface area contributed by atoms with Gasteiger partial charge in [0.25, 0.3) is 0 Å². The van der Waals surface area contributed by atoms with E-state index in [2.05, 4.69) is 26.1 Å². The molecule has 0 aliphatic rings. The van der Waals surface area contributed by atoms with Crippen LogP contribution in [-0.4, -0.2) is 37.2 Å². The number of nitrogens with one attached hydrogen (secondary N) is 1. The molecule has 0 saturated heterocycles. The molecule has 0 aliphatic heterocycles. The Morgan fingerprint density at radius 1 is 0.926 bits per heavy atom. The summed E-state index contributed by atoms with van der Waals surface area (Å²) in [5.41, 5.74) is -1.04. The summed E-state index contributed by atoms with van der Waals surface area (Å²) in [6.07, 6.45) is 2.91. The molecule has 27 heavy (non-hydrogen) atoms. The largest absolute Gasteiger partial charge is 0.465 e. The van der Waals surface area contributed by atoms with Gasteiger partial charge in [0.1, 0.15) is 6.61 Å². The van der Waals surface area contributed by atoms with Gasteiger partial charge in [-0.15, -0.1) is 0 Å². The molecular formula is C22H43NO4. The molecule has 0 fully saturated rings. The maximum absolute atomic E-state index is 12.4. The fourth-order valence-electron chi connectivity index (χ4n) is 2.63. The highest BCUT2D eigenvalue weighted by Crippen LogP contribution is 2.33. The van der Waals surface area contributed by atoms with Crippen molar-refractivity contribution in [2.24, 2.45) is 16.7 Å². The molecule has 0 radical (unpaired) electrons. The molecule has 0 saturated carbocycles. The summed E-state index contributed by atoms with van der Waals surface area (Å²) in [5, 5.41) is 3.30. The van der Waals surface area contributed by atoms with Gasteiger partial charge in [-0.25, -0.2) is 0 Å². The molecule has 0 amide bonds. The molecular weight excluding hydrogens is 342 g/mol. The van der Waals surface area contributed by atoms with E-state index in [0.717, 1.165) is 12.8 Å². The van der Waals surface area contributed by atoms with Crippen molar-refractivity contribution in [2.75, 3.05) is 19.8 Å². The molecule has 0 aliphatic carbocycles. The van der Waals surface area contributed by atoms with E-state index in [1.807, 2.05) is 41.5 Å². The van der Waals surface area contributed by atoms with Crippen molar-refractivity contribution < 1.29 is 19.1 Å². The predicted molar refractivity (Wildman–Crippen MR) is 111 cm³/mol. The highest BCUT2D eigenvalue weighted by atomic mass is 16.5. The molecule has 0 aromatic carbocycles. The van der Waals surface area contributed by atoms with Crippen molar-refractivity contribution in [1.29, 1.82) is 0 Å². The molecule has 0 spiro atoms. The third kappa shape index (κ3) is 10.7. The van der Waals surface area contributed by atoms with Crippen LogP contribution in [0.5, 0.6) is 0 Å². The molecule has 1 unspecified atom stereocenters. The molecule has 160 valence electrons. The first-order valence-electron chi connectivity index (χ1n) is 10.3. The molecule has 0 heterocycles. The Hall–Kier alpha value is -1.10. The van der Waals surface area contributed by atoms with Crippen molar-refractivity contribution in [1.82, 2.24) is 5.32 Å². The van der Waals surface area contributed by atoms with Crippen LogP contribution in [0.1, 0.15) is 88.0 Å². The van der Waals surface area contributed by atoms with Gasteiger partial charge in [0.15, 0.2) is 0 Å². The Kier molecular flexibility index (Phi) is 10.6. The summed E-state index contributed by atoms with van der Waals surface area (Å²) in [7, 11) is 0. The second-order valence-electron chi connectivity index (χ2n) is 9.96. The summed E-state index contributed by atoms with van der Waals surface area (Å²) in [6, 6.07) is 0. The lowest BCUT2D eigenvalue weighted by Crippen LogP contribution is -2.39. The van der Waals surface area contributed by atoms with Crippen molar-refractivity contribution in [3.63, 3.8) is 0 Å². The van der Waals surface area contributed by atoms with E-state index in [1.54, 1.807) is 0 Å². The Morgan fingerprint density at radius 3 is 2.00 bits per heavy atom. The number of rotatable bonds is 12. The fourth-order valence-corrected chi connectivity index (χ4v) is 2.63. The van der Waals surface area contributed by atoms with Gasteiger partial charge in [0.05, 0.1) is 17.4 Å². The molecule has 0 aromatic heterocycles. The molecule has 1 N–H and O–H groups in total. The monoisotopic (exact) mass is 385 g/mol. The topological polar surface area (TPSA) is 64.6 Å². The third-order valence-electron chi connectivity index (χ3n) is 4.89. The Labute approximate surface area is 167 Å². The lowest BCUT2D eigenvalue weighted by Gasteiger charge is -2.29. The molecule has 0 aromatic rings. The Morgan fingerprint density at radius 2 is 1.52 bits per heavy atom. The molecule has 5 nitrogen and oxygen atoms in total. The van der Waals surface area contributed by atoms with E-state index in [1.165, 1.54) is 0 Å². The SMILES string of the molecule is CCC(C)(CCCC(C)(C)C(=O)OCCNC(C)(C)C)C(=O)OCC(C)C. The van der Waals surface area contributed by atoms with E-state index in [4.69, 9.17) is 9.47 Å². The highest BCUT2D eigenvalue weighted by Gasteiger charge is 2.35. The second kappa shape index (κ2) is 11.0. The van der Waals surface area contributed by atoms with Gasteiger partial charge in [0, 0.05) is 12.1 Å². The molecule has 0 rings (SSSR count). The minimum absolute atomic E-state index is 0.0106. The number of ether oxygens (including phenoxy) is 2. The first-order valence-corrected chi connectivity index (χ1v) is 10.3. The zero-order chi connectivity index (χ0) is 21.3. The summed E-state index contributed by atoms with van der Waals surface area (Å²) < 4.78 is 10.9. The van der Waals surface area contributed by atoms with E-state index >= 15 is 0 Å². The van der Waals surface area contributed by atoms with E-state index in [0.29, 0.717) is 38.5 Å². The zero-order valence-electron chi connectivity index (χ0n) is 19.2. The van der Waals surface area contributed by atoms with E-state index < -0.39 is 10.8 Å². The normalized spacial score (nSPS) is 14.7. The van der Waals surface area contributed by atoms with Gasteiger partial charge < -0.3 is 14.8 Å². The lowest BCUT2D eigenvalue weighted by atomic mass is 9.79. The van der Waals surface area contributed by atoms with Crippen LogP contribution >= 0.6 is 0 Å². The summed E-state index contributed by atoms with van der Waals surface area (Å²) in [6.45, 7) is 19.5. The maximum Gasteiger partial charge on any atom is 0.311 e. The maximum atomic E-state index is 12.4. The minimum atomic E-state index is -0.557.